The van der Waals surface area contributed by atoms with Gasteiger partial charge in [-0.15, -0.1) is 11.3 Å². The summed E-state index contributed by atoms with van der Waals surface area (Å²) in [7, 11) is 0. The molecule has 120 valence electrons. The number of anilines is 1. The molecule has 0 saturated carbocycles. The van der Waals surface area contributed by atoms with Gasteiger partial charge in [0.2, 0.25) is 0 Å². The summed E-state index contributed by atoms with van der Waals surface area (Å²) < 4.78 is 0. The number of thiophene rings is 1. The number of likely N-dealkylation sites (tertiary alicyclic amines) is 1. The molecule has 4 rings (SSSR count). The van der Waals surface area contributed by atoms with Gasteiger partial charge in [0.05, 0.1) is 4.88 Å². The van der Waals surface area contributed by atoms with Crippen LogP contribution in [0.3, 0.4) is 0 Å². The smallest absolute Gasteiger partial charge is 0.264 e. The van der Waals surface area contributed by atoms with E-state index in [-0.39, 0.29) is 11.9 Å². The number of fused-ring (bicyclic) bond motifs is 1. The Labute approximate surface area is 139 Å². The van der Waals surface area contributed by atoms with E-state index in [4.69, 9.17) is 0 Å². The lowest BCUT2D eigenvalue weighted by molar-refractivity contribution is 0.0795. The quantitative estimate of drug-likeness (QED) is 0.941. The number of carbonyl (C=O) groups excluding carboxylic acids is 1. The Morgan fingerprint density at radius 1 is 1.39 bits per heavy atom. The first-order chi connectivity index (χ1) is 11.2. The zero-order chi connectivity index (χ0) is 15.8. The summed E-state index contributed by atoms with van der Waals surface area (Å²) in [5, 5.41) is 5.53. The minimum absolute atomic E-state index is 0.162. The van der Waals surface area contributed by atoms with Gasteiger partial charge in [-0.25, -0.2) is 9.97 Å². The van der Waals surface area contributed by atoms with Crippen molar-refractivity contribution in [3.8, 4) is 0 Å². The first-order valence-electron chi connectivity index (χ1n) is 8.15. The monoisotopic (exact) mass is 328 g/mol. The normalized spacial score (nSPS) is 19.9. The van der Waals surface area contributed by atoms with Gasteiger partial charge in [0, 0.05) is 30.4 Å². The Kier molecular flexibility index (Phi) is 3.77. The largest absolute Gasteiger partial charge is 0.365 e. The molecule has 2 aliphatic rings. The lowest BCUT2D eigenvalue weighted by Gasteiger charge is -2.18. The van der Waals surface area contributed by atoms with E-state index in [2.05, 4.69) is 15.3 Å². The number of aromatic nitrogens is 2. The second kappa shape index (κ2) is 5.92. The van der Waals surface area contributed by atoms with E-state index in [9.17, 15) is 4.79 Å². The number of nitrogens with one attached hydrogen (secondary N) is 1. The number of hydrogen-bond acceptors (Lipinski definition) is 5. The molecule has 1 aliphatic heterocycles. The molecular weight excluding hydrogens is 308 g/mol. The van der Waals surface area contributed by atoms with Crippen LogP contribution < -0.4 is 5.32 Å². The number of aryl methyl sites for hydroxylation is 2. The zero-order valence-corrected chi connectivity index (χ0v) is 14.0. The SMILES string of the molecule is Cc1ccsc1C(=O)N1CCC(Nc2ncnc3c2CCC3)C1. The second-order valence-corrected chi connectivity index (χ2v) is 7.23. The molecule has 1 fully saturated rings. The van der Waals surface area contributed by atoms with E-state index in [1.165, 1.54) is 22.6 Å². The van der Waals surface area contributed by atoms with Crippen LogP contribution in [0.25, 0.3) is 0 Å². The van der Waals surface area contributed by atoms with E-state index in [1.807, 2.05) is 23.3 Å². The van der Waals surface area contributed by atoms with Crippen molar-refractivity contribution in [2.75, 3.05) is 18.4 Å². The van der Waals surface area contributed by atoms with Crippen LogP contribution in [0.1, 0.15) is 39.3 Å². The molecular formula is C17H20N4OS. The summed E-state index contributed by atoms with van der Waals surface area (Å²) in [6.45, 7) is 3.55. The maximum Gasteiger partial charge on any atom is 0.264 e. The lowest BCUT2D eigenvalue weighted by Crippen LogP contribution is -2.31. The van der Waals surface area contributed by atoms with E-state index in [0.29, 0.717) is 0 Å². The predicted molar refractivity (Wildman–Crippen MR) is 91.0 cm³/mol. The maximum atomic E-state index is 12.6. The van der Waals surface area contributed by atoms with Gasteiger partial charge in [-0.2, -0.15) is 0 Å². The summed E-state index contributed by atoms with van der Waals surface area (Å²) in [5.41, 5.74) is 3.53. The molecule has 1 amide bonds. The third kappa shape index (κ3) is 2.72. The number of carbonyl (C=O) groups is 1. The fourth-order valence-corrected chi connectivity index (χ4v) is 4.37. The molecule has 3 heterocycles. The van der Waals surface area contributed by atoms with Crippen LogP contribution in [-0.2, 0) is 12.8 Å². The first kappa shape index (κ1) is 14.6. The minimum atomic E-state index is 0.162. The topological polar surface area (TPSA) is 58.1 Å². The number of amides is 1. The molecule has 2 aromatic rings. The zero-order valence-electron chi connectivity index (χ0n) is 13.2. The van der Waals surface area contributed by atoms with Gasteiger partial charge in [-0.05, 0) is 49.6 Å². The van der Waals surface area contributed by atoms with Crippen molar-refractivity contribution >= 4 is 23.1 Å². The van der Waals surface area contributed by atoms with Crippen LogP contribution in [0.15, 0.2) is 17.8 Å². The van der Waals surface area contributed by atoms with Crippen LogP contribution in [0.5, 0.6) is 0 Å². The van der Waals surface area contributed by atoms with Crippen molar-refractivity contribution in [1.82, 2.24) is 14.9 Å². The van der Waals surface area contributed by atoms with Crippen LogP contribution in [0.4, 0.5) is 5.82 Å². The number of nitrogens with zero attached hydrogens (tertiary/aromatic N) is 3. The van der Waals surface area contributed by atoms with Gasteiger partial charge in [0.1, 0.15) is 12.1 Å². The molecule has 0 aromatic carbocycles. The molecule has 1 unspecified atom stereocenters. The van der Waals surface area contributed by atoms with Crippen molar-refractivity contribution in [3.63, 3.8) is 0 Å². The summed E-state index contributed by atoms with van der Waals surface area (Å²) in [6.07, 6.45) is 5.89. The standard InChI is InChI=1S/C17H20N4OS/c1-11-6-8-23-15(11)17(22)21-7-5-12(9-21)20-16-13-3-2-4-14(13)18-10-19-16/h6,8,10,12H,2-5,7,9H2,1H3,(H,18,19,20). The van der Waals surface area contributed by atoms with Gasteiger partial charge in [-0.1, -0.05) is 0 Å². The van der Waals surface area contributed by atoms with Crippen LogP contribution in [0, 0.1) is 6.92 Å². The summed E-state index contributed by atoms with van der Waals surface area (Å²) in [6, 6.07) is 2.28. The van der Waals surface area contributed by atoms with Gasteiger partial charge in [0.15, 0.2) is 0 Å². The Hall–Kier alpha value is -1.95. The van der Waals surface area contributed by atoms with Crippen LogP contribution in [-0.4, -0.2) is 39.9 Å². The van der Waals surface area contributed by atoms with Crippen molar-refractivity contribution in [2.45, 2.75) is 38.6 Å². The van der Waals surface area contributed by atoms with Crippen LogP contribution in [0.2, 0.25) is 0 Å². The highest BCUT2D eigenvalue weighted by molar-refractivity contribution is 7.12. The molecule has 1 atom stereocenters. The summed E-state index contributed by atoms with van der Waals surface area (Å²) >= 11 is 1.53. The average Bonchev–Trinajstić information content (AvgIpc) is 3.26. The highest BCUT2D eigenvalue weighted by Gasteiger charge is 2.29. The average molecular weight is 328 g/mol. The molecule has 0 bridgehead atoms. The third-order valence-corrected chi connectivity index (χ3v) is 5.75. The van der Waals surface area contributed by atoms with E-state index < -0.39 is 0 Å². The van der Waals surface area contributed by atoms with Gasteiger partial charge >= 0.3 is 0 Å². The fraction of sp³-hybridized carbons (Fsp3) is 0.471. The molecule has 1 N–H and O–H groups in total. The Morgan fingerprint density at radius 2 is 2.30 bits per heavy atom. The van der Waals surface area contributed by atoms with E-state index in [0.717, 1.165) is 55.0 Å². The van der Waals surface area contributed by atoms with Gasteiger partial charge in [0.25, 0.3) is 5.91 Å². The molecule has 0 radical (unpaired) electrons. The van der Waals surface area contributed by atoms with E-state index >= 15 is 0 Å². The molecule has 23 heavy (non-hydrogen) atoms. The van der Waals surface area contributed by atoms with E-state index in [1.54, 1.807) is 6.33 Å². The van der Waals surface area contributed by atoms with Crippen molar-refractivity contribution in [1.29, 1.82) is 0 Å². The van der Waals surface area contributed by atoms with Crippen LogP contribution >= 0.6 is 11.3 Å². The highest BCUT2D eigenvalue weighted by atomic mass is 32.1. The predicted octanol–water partition coefficient (Wildman–Crippen LogP) is 2.66. The fourth-order valence-electron chi connectivity index (χ4n) is 3.48. The van der Waals surface area contributed by atoms with Crippen molar-refractivity contribution < 1.29 is 4.79 Å². The van der Waals surface area contributed by atoms with Crippen molar-refractivity contribution in [3.05, 3.63) is 39.5 Å². The van der Waals surface area contributed by atoms with Crippen molar-refractivity contribution in [2.24, 2.45) is 0 Å². The Balaban J connectivity index is 1.44. The number of hydrogen-bond donors (Lipinski definition) is 1. The molecule has 6 heteroatoms. The Bertz CT molecular complexity index is 742. The molecule has 2 aromatic heterocycles. The lowest BCUT2D eigenvalue weighted by atomic mass is 10.2. The van der Waals surface area contributed by atoms with Gasteiger partial charge < -0.3 is 10.2 Å². The maximum absolute atomic E-state index is 12.6. The Morgan fingerprint density at radius 3 is 3.13 bits per heavy atom. The third-order valence-electron chi connectivity index (χ3n) is 4.75. The van der Waals surface area contributed by atoms with Gasteiger partial charge in [-0.3, -0.25) is 4.79 Å². The highest BCUT2D eigenvalue weighted by Crippen LogP contribution is 2.27. The first-order valence-corrected chi connectivity index (χ1v) is 9.03. The number of rotatable bonds is 3. The minimum Gasteiger partial charge on any atom is -0.365 e. The molecule has 0 spiro atoms. The molecule has 1 saturated heterocycles. The summed E-state index contributed by atoms with van der Waals surface area (Å²) in [4.78, 5) is 24.2. The summed E-state index contributed by atoms with van der Waals surface area (Å²) in [5.74, 6) is 1.13. The molecule has 5 nitrogen and oxygen atoms in total. The second-order valence-electron chi connectivity index (χ2n) is 6.31. The molecule has 1 aliphatic carbocycles.